The third kappa shape index (κ3) is 5.03. The fourth-order valence-electron chi connectivity index (χ4n) is 7.41. The van der Waals surface area contributed by atoms with Crippen LogP contribution >= 0.6 is 0 Å². The van der Waals surface area contributed by atoms with Crippen LogP contribution in [0, 0.1) is 0 Å². The summed E-state index contributed by atoms with van der Waals surface area (Å²) in [4.78, 5) is 52.1. The minimum Gasteiger partial charge on any atom is -0.493 e. The molecule has 2 aliphatic carbocycles. The molecular weight excluding hydrogens is 618 g/mol. The number of hydrogen-bond donors (Lipinski definition) is 4. The van der Waals surface area contributed by atoms with Crippen LogP contribution in [0.1, 0.15) is 42.6 Å². The van der Waals surface area contributed by atoms with Gasteiger partial charge in [-0.3, -0.25) is 0 Å². The molecule has 0 amide bonds. The number of carbonyl (C=O) groups is 4. The van der Waals surface area contributed by atoms with Gasteiger partial charge in [0.15, 0.2) is 35.9 Å². The summed E-state index contributed by atoms with van der Waals surface area (Å²) >= 11 is 0. The molecular formula is C33H35NO13. The molecule has 4 aliphatic rings. The Hall–Kier alpha value is -4.50. The van der Waals surface area contributed by atoms with Gasteiger partial charge in [0, 0.05) is 23.6 Å². The Bertz CT molecular complexity index is 1640. The maximum atomic E-state index is 13.1. The van der Waals surface area contributed by atoms with Crippen molar-refractivity contribution in [3.63, 3.8) is 0 Å². The molecule has 14 nitrogen and oxygen atoms in total. The van der Waals surface area contributed by atoms with E-state index in [0.717, 1.165) is 18.1 Å². The van der Waals surface area contributed by atoms with E-state index in [9.17, 15) is 39.6 Å². The zero-order valence-corrected chi connectivity index (χ0v) is 25.8. The normalized spacial score (nSPS) is 27.9. The number of nitrogens with zero attached hydrogens (tertiary/aromatic N) is 1. The average Bonchev–Trinajstić information content (AvgIpc) is 3.41. The molecule has 250 valence electrons. The SMILES string of the molecule is COc1ccc2c3c1O[C@H]1C(OC(=O)[C@H](O)[C@@H](O)C(=O)O[C@@H](C)C(=O)O[C@H](C(=O)O)c4ccccc4)=CC[C@@]4(O)[C@@H](C2)N(C)CC[C@]314. The fraction of sp³-hybridized carbons (Fsp3) is 0.455. The molecule has 1 spiro atoms. The smallest absolute Gasteiger partial charge is 0.349 e. The number of ether oxygens (including phenoxy) is 5. The number of carbonyl (C=O) groups excluding carboxylic acids is 3. The molecule has 2 heterocycles. The van der Waals surface area contributed by atoms with E-state index in [1.54, 1.807) is 24.3 Å². The Morgan fingerprint density at radius 1 is 1.00 bits per heavy atom. The Labute approximate surface area is 269 Å². The van der Waals surface area contributed by atoms with Gasteiger partial charge in [0.2, 0.25) is 6.10 Å². The highest BCUT2D eigenvalue weighted by Crippen LogP contribution is 2.65. The van der Waals surface area contributed by atoms with E-state index in [-0.39, 0.29) is 23.8 Å². The summed E-state index contributed by atoms with van der Waals surface area (Å²) in [7, 11) is 3.44. The molecule has 0 saturated carbocycles. The van der Waals surface area contributed by atoms with Gasteiger partial charge in [0.25, 0.3) is 0 Å². The van der Waals surface area contributed by atoms with Crippen LogP contribution < -0.4 is 9.47 Å². The van der Waals surface area contributed by atoms with E-state index in [2.05, 4.69) is 4.90 Å². The van der Waals surface area contributed by atoms with E-state index >= 15 is 0 Å². The van der Waals surface area contributed by atoms with E-state index in [1.165, 1.54) is 25.3 Å². The van der Waals surface area contributed by atoms with Gasteiger partial charge in [-0.05, 0) is 51.1 Å². The zero-order valence-electron chi connectivity index (χ0n) is 25.8. The Balaban J connectivity index is 1.16. The van der Waals surface area contributed by atoms with Crippen LogP contribution in [0.4, 0.5) is 0 Å². The molecule has 1 fully saturated rings. The number of methoxy groups -OCH3 is 1. The first-order chi connectivity index (χ1) is 22.3. The van der Waals surface area contributed by atoms with E-state index in [1.807, 2.05) is 13.1 Å². The van der Waals surface area contributed by atoms with Gasteiger partial charge in [-0.15, -0.1) is 0 Å². The van der Waals surface area contributed by atoms with E-state index in [0.29, 0.717) is 30.9 Å². The molecule has 0 aromatic heterocycles. The second kappa shape index (κ2) is 11.9. The first-order valence-corrected chi connectivity index (χ1v) is 15.1. The van der Waals surface area contributed by atoms with Gasteiger partial charge >= 0.3 is 23.9 Å². The topological polar surface area (TPSA) is 199 Å². The lowest BCUT2D eigenvalue weighted by molar-refractivity contribution is -0.186. The quantitative estimate of drug-likeness (QED) is 0.205. The summed E-state index contributed by atoms with van der Waals surface area (Å²) < 4.78 is 27.4. The van der Waals surface area contributed by atoms with Gasteiger partial charge < -0.3 is 49.0 Å². The monoisotopic (exact) mass is 653 g/mol. The summed E-state index contributed by atoms with van der Waals surface area (Å²) in [5.41, 5.74) is -0.358. The van der Waals surface area contributed by atoms with Crippen molar-refractivity contribution < 1.29 is 63.3 Å². The molecule has 14 heteroatoms. The second-order valence-electron chi connectivity index (χ2n) is 12.2. The molecule has 6 rings (SSSR count). The lowest BCUT2D eigenvalue weighted by atomic mass is 9.50. The largest absolute Gasteiger partial charge is 0.493 e. The number of carboxylic acid groups (broad SMARTS) is 1. The number of aliphatic hydroxyl groups excluding tert-OH is 2. The number of likely N-dealkylation sites (tertiary alicyclic amines) is 1. The number of rotatable bonds is 10. The van der Waals surface area contributed by atoms with Crippen molar-refractivity contribution in [2.45, 2.75) is 73.8 Å². The highest BCUT2D eigenvalue weighted by atomic mass is 16.6. The number of hydrogen-bond acceptors (Lipinski definition) is 13. The van der Waals surface area contributed by atoms with Crippen LogP contribution in [0.3, 0.4) is 0 Å². The van der Waals surface area contributed by atoms with Crippen LogP contribution in [-0.2, 0) is 45.2 Å². The van der Waals surface area contributed by atoms with Crippen LogP contribution in [0.2, 0.25) is 0 Å². The summed E-state index contributed by atoms with van der Waals surface area (Å²) in [6, 6.07) is 11.1. The molecule has 2 aromatic carbocycles. The fourth-order valence-corrected chi connectivity index (χ4v) is 7.41. The Kier molecular flexibility index (Phi) is 8.24. The predicted molar refractivity (Wildman–Crippen MR) is 158 cm³/mol. The number of aliphatic hydroxyl groups is 3. The Morgan fingerprint density at radius 2 is 1.70 bits per heavy atom. The number of benzene rings is 2. The minimum atomic E-state index is -2.47. The minimum absolute atomic E-state index is 0.00808. The molecule has 2 bridgehead atoms. The number of esters is 3. The first kappa shape index (κ1) is 32.4. The lowest BCUT2D eigenvalue weighted by Gasteiger charge is -2.61. The molecule has 1 saturated heterocycles. The third-order valence-corrected chi connectivity index (χ3v) is 9.74. The maximum Gasteiger partial charge on any atom is 0.349 e. The van der Waals surface area contributed by atoms with Crippen LogP contribution in [0.25, 0.3) is 0 Å². The van der Waals surface area contributed by atoms with Gasteiger partial charge in [0.05, 0.1) is 18.1 Å². The van der Waals surface area contributed by atoms with Crippen molar-refractivity contribution in [3.05, 3.63) is 71.0 Å². The van der Waals surface area contributed by atoms with Crippen molar-refractivity contribution in [3.8, 4) is 11.5 Å². The van der Waals surface area contributed by atoms with Gasteiger partial charge in [0.1, 0.15) is 5.76 Å². The van der Waals surface area contributed by atoms with E-state index < -0.39 is 65.4 Å². The van der Waals surface area contributed by atoms with Gasteiger partial charge in [-0.25, -0.2) is 19.2 Å². The number of piperidine rings is 1. The number of carboxylic acids is 1. The van der Waals surface area contributed by atoms with Crippen molar-refractivity contribution in [1.82, 2.24) is 4.90 Å². The molecule has 4 N–H and O–H groups in total. The van der Waals surface area contributed by atoms with Gasteiger partial charge in [-0.2, -0.15) is 0 Å². The second-order valence-corrected chi connectivity index (χ2v) is 12.2. The molecule has 8 atom stereocenters. The molecule has 0 radical (unpaired) electrons. The summed E-state index contributed by atoms with van der Waals surface area (Å²) in [6.07, 6.45) is -6.65. The van der Waals surface area contributed by atoms with Crippen LogP contribution in [0.5, 0.6) is 11.5 Å². The standard InChI is InChI=1S/C33H35NO13/c1-16(29(39)47-25(28(37)38)17-7-5-4-6-8-17)44-30(40)23(35)24(36)31(41)45-20-11-12-33(42)21-15-18-9-10-19(43-3)26-22(18)32(33,27(20)46-26)13-14-34(21)2/h4-11,16,21,23-25,27,35-36,42H,12-15H2,1-3H3,(H,37,38)/t16-,21+,23+,24+,25-,27-,32-,33+/m0/s1. The number of likely N-dealkylation sites (N-methyl/N-ethyl adjacent to an activating group) is 1. The Morgan fingerprint density at radius 3 is 2.38 bits per heavy atom. The molecule has 2 aliphatic heterocycles. The molecule has 47 heavy (non-hydrogen) atoms. The highest BCUT2D eigenvalue weighted by molar-refractivity contribution is 5.88. The zero-order chi connectivity index (χ0) is 33.8. The predicted octanol–water partition coefficient (Wildman–Crippen LogP) is 0.539. The van der Waals surface area contributed by atoms with Crippen molar-refractivity contribution in [1.29, 1.82) is 0 Å². The summed E-state index contributed by atoms with van der Waals surface area (Å²) in [5.74, 6) is -4.80. The van der Waals surface area contributed by atoms with Gasteiger partial charge in [-0.1, -0.05) is 36.4 Å². The highest BCUT2D eigenvalue weighted by Gasteiger charge is 2.72. The summed E-state index contributed by atoms with van der Waals surface area (Å²) in [6.45, 7) is 1.70. The molecule has 2 aromatic rings. The van der Waals surface area contributed by atoms with Crippen LogP contribution in [0.15, 0.2) is 54.3 Å². The van der Waals surface area contributed by atoms with E-state index in [4.69, 9.17) is 23.7 Å². The van der Waals surface area contributed by atoms with Crippen molar-refractivity contribution in [2.24, 2.45) is 0 Å². The summed E-state index contributed by atoms with van der Waals surface area (Å²) in [5, 5.41) is 42.9. The van der Waals surface area contributed by atoms with Crippen molar-refractivity contribution >= 4 is 23.9 Å². The third-order valence-electron chi connectivity index (χ3n) is 9.74. The average molecular weight is 654 g/mol. The lowest BCUT2D eigenvalue weighted by Crippen LogP contribution is -2.74. The molecule has 0 unspecified atom stereocenters. The maximum absolute atomic E-state index is 13.1. The van der Waals surface area contributed by atoms with Crippen molar-refractivity contribution in [2.75, 3.05) is 20.7 Å². The van der Waals surface area contributed by atoms with Crippen LogP contribution in [-0.4, -0.2) is 106 Å². The number of aliphatic carboxylic acids is 1. The first-order valence-electron chi connectivity index (χ1n) is 15.1.